The van der Waals surface area contributed by atoms with Crippen molar-refractivity contribution in [2.45, 2.75) is 361 Å². The molecule has 0 aliphatic rings. The molecule has 0 aliphatic carbocycles. The number of esters is 3. The maximum absolute atomic E-state index is 12.9. The van der Waals surface area contributed by atoms with Crippen LogP contribution in [0.25, 0.3) is 0 Å². The Morgan fingerprint density at radius 2 is 0.493 bits per heavy atom. The lowest BCUT2D eigenvalue weighted by Gasteiger charge is -2.18. The predicted octanol–water partition coefficient (Wildman–Crippen LogP) is 22.0. The molecule has 0 aromatic carbocycles. The fourth-order valence-electron chi connectivity index (χ4n) is 9.75. The lowest BCUT2D eigenvalue weighted by molar-refractivity contribution is -0.167. The average Bonchev–Trinajstić information content (AvgIpc) is 3.39. The maximum Gasteiger partial charge on any atom is 0.306 e. The summed E-state index contributed by atoms with van der Waals surface area (Å²) in [5, 5.41) is 0. The van der Waals surface area contributed by atoms with Crippen LogP contribution in [0.5, 0.6) is 0 Å². The molecule has 0 amide bonds. The third kappa shape index (κ3) is 60.4. The smallest absolute Gasteiger partial charge is 0.306 e. The average molecular weight is 1030 g/mol. The number of hydrogen-bond acceptors (Lipinski definition) is 6. The van der Waals surface area contributed by atoms with Crippen molar-refractivity contribution < 1.29 is 28.6 Å². The summed E-state index contributed by atoms with van der Waals surface area (Å²) in [6.45, 7) is 6.69. The van der Waals surface area contributed by atoms with Crippen LogP contribution in [-0.2, 0) is 28.6 Å². The second-order valence-corrected chi connectivity index (χ2v) is 22.0. The molecule has 0 N–H and O–H groups in total. The van der Waals surface area contributed by atoms with Gasteiger partial charge in [-0.1, -0.05) is 314 Å². The highest BCUT2D eigenvalue weighted by atomic mass is 16.6. The molecule has 0 heterocycles. The van der Waals surface area contributed by atoms with Gasteiger partial charge in [-0.25, -0.2) is 0 Å². The van der Waals surface area contributed by atoms with Crippen LogP contribution < -0.4 is 0 Å². The fraction of sp³-hybridized carbons (Fsp3) is 0.866. The van der Waals surface area contributed by atoms with E-state index in [2.05, 4.69) is 57.2 Å². The summed E-state index contributed by atoms with van der Waals surface area (Å²) in [6, 6.07) is 0. The van der Waals surface area contributed by atoms with Crippen LogP contribution >= 0.6 is 0 Å². The number of rotatable bonds is 60. The second-order valence-electron chi connectivity index (χ2n) is 22.0. The number of hydrogen-bond donors (Lipinski definition) is 0. The van der Waals surface area contributed by atoms with Gasteiger partial charge in [-0.05, 0) is 57.8 Å². The summed E-state index contributed by atoms with van der Waals surface area (Å²) in [5.74, 6) is -0.850. The molecule has 0 aromatic heterocycles. The molecule has 0 fully saturated rings. The summed E-state index contributed by atoms with van der Waals surface area (Å²) in [7, 11) is 0. The SMILES string of the molecule is CCCCCCC/C=C\C/C=C\C/C=C\CCCCCCCCCCC(=O)OCC(COC(=O)CCCCCCCCCCCCCCCCC)OC(=O)CCCCCCCCCCCCCCCCCCC. The Hall–Kier alpha value is -2.37. The summed E-state index contributed by atoms with van der Waals surface area (Å²) in [6.07, 6.45) is 75.7. The van der Waals surface area contributed by atoms with Gasteiger partial charge in [0.15, 0.2) is 6.10 Å². The van der Waals surface area contributed by atoms with E-state index in [0.29, 0.717) is 19.3 Å². The summed E-state index contributed by atoms with van der Waals surface area (Å²) >= 11 is 0. The van der Waals surface area contributed by atoms with Crippen LogP contribution in [0.3, 0.4) is 0 Å². The van der Waals surface area contributed by atoms with Crippen molar-refractivity contribution in [3.63, 3.8) is 0 Å². The van der Waals surface area contributed by atoms with Gasteiger partial charge < -0.3 is 14.2 Å². The summed E-state index contributed by atoms with van der Waals surface area (Å²) < 4.78 is 17.0. The van der Waals surface area contributed by atoms with Gasteiger partial charge in [-0.15, -0.1) is 0 Å². The van der Waals surface area contributed by atoms with E-state index in [-0.39, 0.29) is 31.1 Å². The molecule has 73 heavy (non-hydrogen) atoms. The molecule has 428 valence electrons. The van der Waals surface area contributed by atoms with Crippen molar-refractivity contribution >= 4 is 17.9 Å². The Bertz CT molecular complexity index is 1220. The Kier molecular flexibility index (Phi) is 60.2. The van der Waals surface area contributed by atoms with Gasteiger partial charge in [0, 0.05) is 19.3 Å². The largest absolute Gasteiger partial charge is 0.462 e. The van der Waals surface area contributed by atoms with Gasteiger partial charge in [0.05, 0.1) is 0 Å². The van der Waals surface area contributed by atoms with Crippen molar-refractivity contribution in [3.05, 3.63) is 36.5 Å². The molecule has 1 atom stereocenters. The Morgan fingerprint density at radius 1 is 0.274 bits per heavy atom. The van der Waals surface area contributed by atoms with Crippen LogP contribution in [0.1, 0.15) is 355 Å². The molecule has 0 radical (unpaired) electrons. The van der Waals surface area contributed by atoms with Crippen LogP contribution in [0.4, 0.5) is 0 Å². The van der Waals surface area contributed by atoms with Crippen molar-refractivity contribution in [2.75, 3.05) is 13.2 Å². The number of allylic oxidation sites excluding steroid dienone is 6. The van der Waals surface area contributed by atoms with Gasteiger partial charge in [0.1, 0.15) is 13.2 Å². The minimum atomic E-state index is -0.772. The highest BCUT2D eigenvalue weighted by Crippen LogP contribution is 2.18. The van der Waals surface area contributed by atoms with Crippen LogP contribution in [0, 0.1) is 0 Å². The standard InChI is InChI=1S/C67H124O6/c1-4-7-10-13-16-19-22-25-28-30-31-32-33-34-35-37-39-42-45-48-51-54-57-60-66(69)72-63-64(62-71-65(68)59-56-53-50-47-44-41-38-27-24-21-18-15-12-9-6-3)73-67(70)61-58-55-52-49-46-43-40-36-29-26-23-20-17-14-11-8-5-2/h22,25,30-31,33-34,64H,4-21,23-24,26-29,32,35-63H2,1-3H3/b25-22-,31-30-,34-33-. The zero-order valence-electron chi connectivity index (χ0n) is 49.2. The molecule has 0 saturated heterocycles. The number of ether oxygens (including phenoxy) is 3. The molecule has 1 unspecified atom stereocenters. The highest BCUT2D eigenvalue weighted by Gasteiger charge is 2.19. The predicted molar refractivity (Wildman–Crippen MR) is 316 cm³/mol. The zero-order valence-corrected chi connectivity index (χ0v) is 49.2. The van der Waals surface area contributed by atoms with Gasteiger partial charge in [-0.3, -0.25) is 14.4 Å². The van der Waals surface area contributed by atoms with Gasteiger partial charge in [0.2, 0.25) is 0 Å². The lowest BCUT2D eigenvalue weighted by Crippen LogP contribution is -2.30. The second kappa shape index (κ2) is 62.2. The molecular formula is C67H124O6. The first-order valence-electron chi connectivity index (χ1n) is 32.5. The van der Waals surface area contributed by atoms with E-state index in [0.717, 1.165) is 77.0 Å². The summed E-state index contributed by atoms with van der Waals surface area (Å²) in [4.78, 5) is 38.3. The van der Waals surface area contributed by atoms with E-state index in [1.165, 1.54) is 238 Å². The quantitative estimate of drug-likeness (QED) is 0.0261. The van der Waals surface area contributed by atoms with E-state index < -0.39 is 6.10 Å². The number of carbonyl (C=O) groups excluding carboxylic acids is 3. The van der Waals surface area contributed by atoms with Crippen LogP contribution in [0.2, 0.25) is 0 Å². The molecule has 0 aliphatic heterocycles. The van der Waals surface area contributed by atoms with E-state index >= 15 is 0 Å². The molecule has 0 aromatic rings. The lowest BCUT2D eigenvalue weighted by atomic mass is 10.0. The molecule has 0 rings (SSSR count). The van der Waals surface area contributed by atoms with Gasteiger partial charge in [0.25, 0.3) is 0 Å². The van der Waals surface area contributed by atoms with Crippen molar-refractivity contribution in [1.29, 1.82) is 0 Å². The molecule has 6 nitrogen and oxygen atoms in total. The van der Waals surface area contributed by atoms with Crippen molar-refractivity contribution in [3.8, 4) is 0 Å². The normalized spacial score (nSPS) is 12.2. The van der Waals surface area contributed by atoms with E-state index in [4.69, 9.17) is 14.2 Å². The van der Waals surface area contributed by atoms with Gasteiger partial charge >= 0.3 is 17.9 Å². The minimum Gasteiger partial charge on any atom is -0.462 e. The topological polar surface area (TPSA) is 78.9 Å². The Morgan fingerprint density at radius 3 is 0.767 bits per heavy atom. The molecule has 0 saturated carbocycles. The fourth-order valence-corrected chi connectivity index (χ4v) is 9.75. The summed E-state index contributed by atoms with van der Waals surface area (Å²) in [5.41, 5.74) is 0. The Labute approximate surface area is 455 Å². The first-order valence-corrected chi connectivity index (χ1v) is 32.5. The highest BCUT2D eigenvalue weighted by molar-refractivity contribution is 5.71. The van der Waals surface area contributed by atoms with E-state index in [1.54, 1.807) is 0 Å². The minimum absolute atomic E-state index is 0.0687. The van der Waals surface area contributed by atoms with Gasteiger partial charge in [-0.2, -0.15) is 0 Å². The van der Waals surface area contributed by atoms with Crippen LogP contribution in [-0.4, -0.2) is 37.2 Å². The zero-order chi connectivity index (χ0) is 52.9. The van der Waals surface area contributed by atoms with Crippen LogP contribution in [0.15, 0.2) is 36.5 Å². The monoisotopic (exact) mass is 1020 g/mol. The van der Waals surface area contributed by atoms with Crippen molar-refractivity contribution in [2.24, 2.45) is 0 Å². The molecule has 6 heteroatoms. The molecule has 0 spiro atoms. The first kappa shape index (κ1) is 70.6. The molecular weight excluding hydrogens is 901 g/mol. The number of carbonyl (C=O) groups is 3. The third-order valence-corrected chi connectivity index (χ3v) is 14.6. The maximum atomic E-state index is 12.9. The van der Waals surface area contributed by atoms with Crippen molar-refractivity contribution in [1.82, 2.24) is 0 Å². The van der Waals surface area contributed by atoms with E-state index in [9.17, 15) is 14.4 Å². The number of unbranched alkanes of at least 4 members (excludes halogenated alkanes) is 43. The van der Waals surface area contributed by atoms with E-state index in [1.807, 2.05) is 0 Å². The Balaban J connectivity index is 4.31. The third-order valence-electron chi connectivity index (χ3n) is 14.6. The molecule has 0 bridgehead atoms. The first-order chi connectivity index (χ1) is 36.0.